The van der Waals surface area contributed by atoms with Gasteiger partial charge in [0.1, 0.15) is 5.82 Å². The maximum Gasteiger partial charge on any atom is 0.260 e. The fourth-order valence-electron chi connectivity index (χ4n) is 3.63. The molecular formula is C21H20FN3O. The third-order valence-corrected chi connectivity index (χ3v) is 5.58. The Morgan fingerprint density at radius 1 is 1.08 bits per heavy atom. The van der Waals surface area contributed by atoms with E-state index in [-0.39, 0.29) is 17.1 Å². The van der Waals surface area contributed by atoms with E-state index >= 15 is 0 Å². The molecule has 2 fully saturated rings. The first-order valence-corrected chi connectivity index (χ1v) is 9.13. The third-order valence-electron chi connectivity index (χ3n) is 5.58. The van der Waals surface area contributed by atoms with Crippen LogP contribution in [-0.4, -0.2) is 22.7 Å². The summed E-state index contributed by atoms with van der Waals surface area (Å²) in [7, 11) is 0. The molecular weight excluding hydrogens is 329 g/mol. The molecule has 0 saturated heterocycles. The van der Waals surface area contributed by atoms with Crippen LogP contribution in [0.15, 0.2) is 59.1 Å². The van der Waals surface area contributed by atoms with Crippen molar-refractivity contribution in [2.45, 2.75) is 36.6 Å². The van der Waals surface area contributed by atoms with E-state index in [4.69, 9.17) is 4.52 Å². The number of aromatic nitrogens is 2. The Morgan fingerprint density at radius 3 is 2.62 bits per heavy atom. The van der Waals surface area contributed by atoms with Crippen LogP contribution in [0, 0.1) is 5.82 Å². The first-order chi connectivity index (χ1) is 12.8. The topological polar surface area (TPSA) is 51.0 Å². The van der Waals surface area contributed by atoms with Crippen LogP contribution in [0.4, 0.5) is 4.39 Å². The molecule has 1 heterocycles. The Hall–Kier alpha value is -2.53. The van der Waals surface area contributed by atoms with Crippen molar-refractivity contribution in [2.24, 2.45) is 0 Å². The van der Waals surface area contributed by atoms with Gasteiger partial charge in [-0.2, -0.15) is 4.98 Å². The molecule has 0 bridgehead atoms. The van der Waals surface area contributed by atoms with Crippen LogP contribution in [-0.2, 0) is 5.41 Å². The average molecular weight is 349 g/mol. The van der Waals surface area contributed by atoms with Gasteiger partial charge in [0.25, 0.3) is 5.89 Å². The van der Waals surface area contributed by atoms with Crippen molar-refractivity contribution in [1.82, 2.24) is 15.5 Å². The molecule has 5 heteroatoms. The van der Waals surface area contributed by atoms with Crippen molar-refractivity contribution in [1.29, 1.82) is 0 Å². The molecule has 0 radical (unpaired) electrons. The standard InChI is InChI=1S/C21H20FN3O/c22-17-9-5-4-8-15(17)19-24-20(25-26-19)21(10-11-21)13-23-18-12-16(18)14-6-2-1-3-7-14/h1-9,16,18,23H,10-13H2/t16-,18+/m1/s1. The second-order valence-electron chi connectivity index (χ2n) is 7.42. The number of nitrogens with one attached hydrogen (secondary N) is 1. The smallest absolute Gasteiger partial charge is 0.260 e. The van der Waals surface area contributed by atoms with Crippen LogP contribution >= 0.6 is 0 Å². The van der Waals surface area contributed by atoms with Gasteiger partial charge in [-0.05, 0) is 37.0 Å². The van der Waals surface area contributed by atoms with E-state index in [1.807, 2.05) is 0 Å². The summed E-state index contributed by atoms with van der Waals surface area (Å²) in [5, 5.41) is 7.82. The van der Waals surface area contributed by atoms with Crippen LogP contribution in [0.25, 0.3) is 11.5 Å². The molecule has 26 heavy (non-hydrogen) atoms. The summed E-state index contributed by atoms with van der Waals surface area (Å²) in [6.07, 6.45) is 3.25. The van der Waals surface area contributed by atoms with Gasteiger partial charge in [0.15, 0.2) is 5.82 Å². The third kappa shape index (κ3) is 2.82. The SMILES string of the molecule is Fc1ccccc1-c1nc(C2(CN[C@H]3C[C@@H]3c3ccccc3)CC2)no1. The van der Waals surface area contributed by atoms with E-state index in [2.05, 4.69) is 45.8 Å². The second-order valence-corrected chi connectivity index (χ2v) is 7.42. The molecule has 1 aromatic heterocycles. The summed E-state index contributed by atoms with van der Waals surface area (Å²) in [6, 6.07) is 17.6. The highest BCUT2D eigenvalue weighted by molar-refractivity contribution is 5.53. The number of hydrogen-bond acceptors (Lipinski definition) is 4. The van der Waals surface area contributed by atoms with Crippen LogP contribution < -0.4 is 5.32 Å². The molecule has 0 spiro atoms. The van der Waals surface area contributed by atoms with Crippen molar-refractivity contribution < 1.29 is 8.91 Å². The number of benzene rings is 2. The number of hydrogen-bond donors (Lipinski definition) is 1. The van der Waals surface area contributed by atoms with Gasteiger partial charge in [0.2, 0.25) is 0 Å². The summed E-state index contributed by atoms with van der Waals surface area (Å²) < 4.78 is 19.3. The molecule has 0 unspecified atom stereocenters. The summed E-state index contributed by atoms with van der Waals surface area (Å²) in [4.78, 5) is 4.49. The lowest BCUT2D eigenvalue weighted by Gasteiger charge is -2.12. The number of nitrogens with zero attached hydrogens (tertiary/aromatic N) is 2. The van der Waals surface area contributed by atoms with Gasteiger partial charge in [0, 0.05) is 23.9 Å². The Balaban J connectivity index is 1.26. The lowest BCUT2D eigenvalue weighted by molar-refractivity contribution is 0.407. The fourth-order valence-corrected chi connectivity index (χ4v) is 3.63. The maximum atomic E-state index is 13.9. The molecule has 0 aliphatic heterocycles. The summed E-state index contributed by atoms with van der Waals surface area (Å²) >= 11 is 0. The largest absolute Gasteiger partial charge is 0.334 e. The minimum Gasteiger partial charge on any atom is -0.334 e. The van der Waals surface area contributed by atoms with E-state index < -0.39 is 0 Å². The van der Waals surface area contributed by atoms with Gasteiger partial charge in [0.05, 0.1) is 5.56 Å². The average Bonchev–Trinajstić information content (AvgIpc) is 3.58. The van der Waals surface area contributed by atoms with E-state index in [0.717, 1.165) is 19.4 Å². The highest BCUT2D eigenvalue weighted by Gasteiger charge is 2.50. The van der Waals surface area contributed by atoms with Crippen molar-refractivity contribution in [3.63, 3.8) is 0 Å². The van der Waals surface area contributed by atoms with Crippen LogP contribution in [0.2, 0.25) is 0 Å². The molecule has 0 amide bonds. The van der Waals surface area contributed by atoms with E-state index in [9.17, 15) is 4.39 Å². The molecule has 2 saturated carbocycles. The van der Waals surface area contributed by atoms with Crippen molar-refractivity contribution in [2.75, 3.05) is 6.54 Å². The maximum absolute atomic E-state index is 13.9. The second kappa shape index (κ2) is 6.02. The van der Waals surface area contributed by atoms with Crippen molar-refractivity contribution >= 4 is 0 Å². The van der Waals surface area contributed by atoms with Crippen LogP contribution in [0.3, 0.4) is 0 Å². The molecule has 3 aromatic rings. The molecule has 4 nitrogen and oxygen atoms in total. The molecule has 2 aromatic carbocycles. The lowest BCUT2D eigenvalue weighted by Crippen LogP contribution is -2.30. The zero-order valence-corrected chi connectivity index (χ0v) is 14.4. The van der Waals surface area contributed by atoms with Crippen molar-refractivity contribution in [3.05, 3.63) is 71.8 Å². The highest BCUT2D eigenvalue weighted by atomic mass is 19.1. The molecule has 2 aliphatic rings. The summed E-state index contributed by atoms with van der Waals surface area (Å²) in [6.45, 7) is 0.844. The molecule has 2 atom stereocenters. The Labute approximate surface area is 151 Å². The van der Waals surface area contributed by atoms with E-state index in [1.165, 1.54) is 18.1 Å². The van der Waals surface area contributed by atoms with Gasteiger partial charge in [-0.15, -0.1) is 0 Å². The quantitative estimate of drug-likeness (QED) is 0.729. The van der Waals surface area contributed by atoms with Crippen LogP contribution in [0.1, 0.15) is 36.6 Å². The number of rotatable bonds is 6. The first-order valence-electron chi connectivity index (χ1n) is 9.13. The monoisotopic (exact) mass is 349 g/mol. The minimum absolute atomic E-state index is 0.0587. The first kappa shape index (κ1) is 15.7. The van der Waals surface area contributed by atoms with Gasteiger partial charge >= 0.3 is 0 Å². The number of halogens is 1. The summed E-state index contributed by atoms with van der Waals surface area (Å²) in [5.41, 5.74) is 1.70. The lowest BCUT2D eigenvalue weighted by atomic mass is 10.1. The molecule has 2 aliphatic carbocycles. The predicted molar refractivity (Wildman–Crippen MR) is 96.2 cm³/mol. The molecule has 5 rings (SSSR count). The van der Waals surface area contributed by atoms with Crippen LogP contribution in [0.5, 0.6) is 0 Å². The van der Waals surface area contributed by atoms with E-state index in [0.29, 0.717) is 23.3 Å². The Bertz CT molecular complexity index is 920. The van der Waals surface area contributed by atoms with E-state index in [1.54, 1.807) is 18.2 Å². The Morgan fingerprint density at radius 2 is 1.85 bits per heavy atom. The molecule has 132 valence electrons. The normalized spacial score (nSPS) is 23.0. The fraction of sp³-hybridized carbons (Fsp3) is 0.333. The highest BCUT2D eigenvalue weighted by Crippen LogP contribution is 2.48. The predicted octanol–water partition coefficient (Wildman–Crippen LogP) is 4.05. The van der Waals surface area contributed by atoms with Crippen molar-refractivity contribution in [3.8, 4) is 11.5 Å². The zero-order valence-electron chi connectivity index (χ0n) is 14.4. The van der Waals surface area contributed by atoms with Gasteiger partial charge < -0.3 is 9.84 Å². The Kier molecular flexibility index (Phi) is 3.64. The molecule has 1 N–H and O–H groups in total. The minimum atomic E-state index is -0.339. The summed E-state index contributed by atoms with van der Waals surface area (Å²) in [5.74, 6) is 1.22. The van der Waals surface area contributed by atoms with Gasteiger partial charge in [-0.1, -0.05) is 47.6 Å². The van der Waals surface area contributed by atoms with Gasteiger partial charge in [-0.3, -0.25) is 0 Å². The zero-order chi connectivity index (χ0) is 17.6. The van der Waals surface area contributed by atoms with Gasteiger partial charge in [-0.25, -0.2) is 4.39 Å².